The molecule has 0 radical (unpaired) electrons. The van der Waals surface area contributed by atoms with Crippen molar-refractivity contribution in [2.24, 2.45) is 5.92 Å². The van der Waals surface area contributed by atoms with Crippen molar-refractivity contribution >= 4 is 11.8 Å². The summed E-state index contributed by atoms with van der Waals surface area (Å²) >= 11 is 2.02. The molecule has 0 amide bonds. The maximum Gasteiger partial charge on any atom is 0.0897 e. The molecule has 0 bridgehead atoms. The number of rotatable bonds is 9. The minimum Gasteiger partial charge on any atom is -0.389 e. The largest absolute Gasteiger partial charge is 0.389 e. The van der Waals surface area contributed by atoms with E-state index >= 15 is 0 Å². The fourth-order valence-electron chi connectivity index (χ4n) is 1.82. The van der Waals surface area contributed by atoms with Gasteiger partial charge >= 0.3 is 0 Å². The van der Waals surface area contributed by atoms with Gasteiger partial charge in [-0.3, -0.25) is 0 Å². The van der Waals surface area contributed by atoms with Crippen molar-refractivity contribution in [2.45, 2.75) is 25.6 Å². The highest BCUT2D eigenvalue weighted by Crippen LogP contribution is 2.22. The first-order chi connectivity index (χ1) is 8.22. The molecule has 4 nitrogen and oxygen atoms in total. The molecule has 3 atom stereocenters. The summed E-state index contributed by atoms with van der Waals surface area (Å²) in [6.07, 6.45) is 0.916. The number of thioether (sulfide) groups is 1. The molecule has 0 aromatic carbocycles. The van der Waals surface area contributed by atoms with Gasteiger partial charge in [0.15, 0.2) is 0 Å². The van der Waals surface area contributed by atoms with Crippen LogP contribution in [0, 0.1) is 5.92 Å². The van der Waals surface area contributed by atoms with Gasteiger partial charge in [0.2, 0.25) is 0 Å². The van der Waals surface area contributed by atoms with Crippen molar-refractivity contribution in [2.75, 3.05) is 44.9 Å². The molecule has 1 fully saturated rings. The number of aliphatic hydroxyl groups excluding tert-OH is 1. The summed E-state index contributed by atoms with van der Waals surface area (Å²) in [5, 5.41) is 13.0. The third-order valence-electron chi connectivity index (χ3n) is 2.81. The minimum absolute atomic E-state index is 0.0425. The highest BCUT2D eigenvalue weighted by Gasteiger charge is 2.15. The summed E-state index contributed by atoms with van der Waals surface area (Å²) in [5.41, 5.74) is 0. The van der Waals surface area contributed by atoms with Gasteiger partial charge in [0.05, 0.1) is 25.4 Å². The summed E-state index contributed by atoms with van der Waals surface area (Å²) in [6, 6.07) is 0. The molecule has 2 N–H and O–H groups in total. The fourth-order valence-corrected chi connectivity index (χ4v) is 3.10. The molecule has 0 spiro atoms. The second-order valence-corrected chi connectivity index (χ2v) is 5.79. The number of ether oxygens (including phenoxy) is 2. The number of aliphatic hydroxyl groups is 1. The van der Waals surface area contributed by atoms with Gasteiger partial charge in [0.1, 0.15) is 0 Å². The third kappa shape index (κ3) is 7.26. The Morgan fingerprint density at radius 2 is 2.29 bits per heavy atom. The molecule has 0 saturated carbocycles. The van der Waals surface area contributed by atoms with Crippen molar-refractivity contribution in [1.82, 2.24) is 5.32 Å². The van der Waals surface area contributed by atoms with Crippen LogP contribution in [0.15, 0.2) is 0 Å². The van der Waals surface area contributed by atoms with Gasteiger partial charge in [-0.1, -0.05) is 0 Å². The Bertz CT molecular complexity index is 189. The van der Waals surface area contributed by atoms with Crippen molar-refractivity contribution < 1.29 is 14.6 Å². The van der Waals surface area contributed by atoms with Gasteiger partial charge in [-0.25, -0.2) is 0 Å². The summed E-state index contributed by atoms with van der Waals surface area (Å²) in [6.45, 7) is 4.51. The molecule has 1 aliphatic rings. The average molecular weight is 263 g/mol. The van der Waals surface area contributed by atoms with E-state index in [-0.39, 0.29) is 6.10 Å². The van der Waals surface area contributed by atoms with E-state index in [9.17, 15) is 5.11 Å². The van der Waals surface area contributed by atoms with Crippen molar-refractivity contribution in [1.29, 1.82) is 0 Å². The summed E-state index contributed by atoms with van der Waals surface area (Å²) in [5.74, 6) is 3.32. The number of nitrogens with one attached hydrogen (secondary N) is 1. The number of hydrogen-bond acceptors (Lipinski definition) is 5. The standard InChI is InChI=1S/C12H25NO3S/c1-10(7-15-2)16-8-12(14)6-13-5-11-3-4-17-9-11/h10-14H,3-9H2,1-2H3. The molecule has 17 heavy (non-hydrogen) atoms. The molecular weight excluding hydrogens is 238 g/mol. The summed E-state index contributed by atoms with van der Waals surface area (Å²) < 4.78 is 10.4. The Morgan fingerprint density at radius 1 is 1.47 bits per heavy atom. The van der Waals surface area contributed by atoms with Crippen LogP contribution in [0.3, 0.4) is 0 Å². The maximum atomic E-state index is 9.71. The number of methoxy groups -OCH3 is 1. The quantitative estimate of drug-likeness (QED) is 0.643. The topological polar surface area (TPSA) is 50.7 Å². The lowest BCUT2D eigenvalue weighted by Crippen LogP contribution is -2.34. The zero-order valence-corrected chi connectivity index (χ0v) is 11.7. The van der Waals surface area contributed by atoms with Crippen LogP contribution in [0.2, 0.25) is 0 Å². The molecule has 0 aromatic rings. The smallest absolute Gasteiger partial charge is 0.0897 e. The van der Waals surface area contributed by atoms with E-state index in [4.69, 9.17) is 9.47 Å². The van der Waals surface area contributed by atoms with Gasteiger partial charge in [0.25, 0.3) is 0 Å². The fraction of sp³-hybridized carbons (Fsp3) is 1.00. The predicted octanol–water partition coefficient (Wildman–Crippen LogP) is 0.742. The Hall–Kier alpha value is 0.190. The van der Waals surface area contributed by atoms with Gasteiger partial charge in [-0.2, -0.15) is 11.8 Å². The van der Waals surface area contributed by atoms with Crippen LogP contribution in [-0.2, 0) is 9.47 Å². The van der Waals surface area contributed by atoms with E-state index in [1.54, 1.807) is 7.11 Å². The van der Waals surface area contributed by atoms with E-state index in [2.05, 4.69) is 5.32 Å². The number of hydrogen-bond donors (Lipinski definition) is 2. The average Bonchev–Trinajstić information content (AvgIpc) is 2.80. The molecule has 0 aliphatic carbocycles. The van der Waals surface area contributed by atoms with Crippen molar-refractivity contribution in [3.8, 4) is 0 Å². The van der Waals surface area contributed by atoms with E-state index in [0.717, 1.165) is 12.5 Å². The molecular formula is C12H25NO3S. The van der Waals surface area contributed by atoms with Gasteiger partial charge < -0.3 is 19.9 Å². The van der Waals surface area contributed by atoms with E-state index in [1.165, 1.54) is 17.9 Å². The van der Waals surface area contributed by atoms with Crippen LogP contribution < -0.4 is 5.32 Å². The predicted molar refractivity (Wildman–Crippen MR) is 71.6 cm³/mol. The molecule has 1 saturated heterocycles. The molecule has 3 unspecified atom stereocenters. The van der Waals surface area contributed by atoms with Gasteiger partial charge in [-0.15, -0.1) is 0 Å². The van der Waals surface area contributed by atoms with Crippen LogP contribution in [0.1, 0.15) is 13.3 Å². The Kier molecular flexibility index (Phi) is 8.22. The second kappa shape index (κ2) is 9.16. The van der Waals surface area contributed by atoms with E-state index in [1.807, 2.05) is 18.7 Å². The highest BCUT2D eigenvalue weighted by atomic mass is 32.2. The molecule has 0 aromatic heterocycles. The minimum atomic E-state index is -0.427. The molecule has 1 heterocycles. The summed E-state index contributed by atoms with van der Waals surface area (Å²) in [4.78, 5) is 0. The van der Waals surface area contributed by atoms with Crippen LogP contribution in [0.25, 0.3) is 0 Å². The maximum absolute atomic E-state index is 9.71. The van der Waals surface area contributed by atoms with Crippen LogP contribution >= 0.6 is 11.8 Å². The monoisotopic (exact) mass is 263 g/mol. The first kappa shape index (κ1) is 15.2. The molecule has 1 aliphatic heterocycles. The lowest BCUT2D eigenvalue weighted by molar-refractivity contribution is -0.0311. The van der Waals surface area contributed by atoms with E-state index < -0.39 is 6.10 Å². The molecule has 1 rings (SSSR count). The van der Waals surface area contributed by atoms with Crippen molar-refractivity contribution in [3.63, 3.8) is 0 Å². The normalized spacial score (nSPS) is 23.8. The SMILES string of the molecule is COCC(C)OCC(O)CNCC1CCSC1. The summed E-state index contributed by atoms with van der Waals surface area (Å²) in [7, 11) is 1.65. The lowest BCUT2D eigenvalue weighted by Gasteiger charge is -2.17. The Morgan fingerprint density at radius 3 is 2.94 bits per heavy atom. The first-order valence-corrected chi connectivity index (χ1v) is 7.45. The third-order valence-corrected chi connectivity index (χ3v) is 4.04. The van der Waals surface area contributed by atoms with Gasteiger partial charge in [0, 0.05) is 13.7 Å². The van der Waals surface area contributed by atoms with Crippen LogP contribution in [-0.4, -0.2) is 62.2 Å². The van der Waals surface area contributed by atoms with Crippen LogP contribution in [0.5, 0.6) is 0 Å². The van der Waals surface area contributed by atoms with Gasteiger partial charge in [-0.05, 0) is 37.3 Å². The highest BCUT2D eigenvalue weighted by molar-refractivity contribution is 7.99. The van der Waals surface area contributed by atoms with Crippen LogP contribution in [0.4, 0.5) is 0 Å². The van der Waals surface area contributed by atoms with Crippen molar-refractivity contribution in [3.05, 3.63) is 0 Å². The first-order valence-electron chi connectivity index (χ1n) is 6.29. The Balaban J connectivity index is 1.94. The Labute approximate surface area is 108 Å². The molecule has 102 valence electrons. The second-order valence-electron chi connectivity index (χ2n) is 4.64. The zero-order chi connectivity index (χ0) is 12.5. The lowest BCUT2D eigenvalue weighted by atomic mass is 10.1. The zero-order valence-electron chi connectivity index (χ0n) is 10.9. The van der Waals surface area contributed by atoms with E-state index in [0.29, 0.717) is 19.8 Å². The molecule has 5 heteroatoms.